The molecule has 3 aliphatic rings. The van der Waals surface area contributed by atoms with E-state index in [-0.39, 0.29) is 23.8 Å². The van der Waals surface area contributed by atoms with Gasteiger partial charge in [0.2, 0.25) is 5.91 Å². The van der Waals surface area contributed by atoms with Gasteiger partial charge in [-0.15, -0.1) is 0 Å². The zero-order valence-corrected chi connectivity index (χ0v) is 20.6. The zero-order valence-electron chi connectivity index (χ0n) is 19.8. The molecule has 1 amide bonds. The topological polar surface area (TPSA) is 66.8 Å². The standard InChI is InChI=1S/C28H30ClNO4/c1-27(2)13-12-18-15-19(6-11-24(18)34-27)28(3)22-16-20(29)7-10-23(22)30(26(28)33)21-8-4-17(5-9-21)14-25(31)32/h4-5,7-11,16,18-19H,6,12-15H2,1-3H3,(H,31,32)/t18?,19?,28-/m0/s1. The Bertz CT molecular complexity index is 1190. The van der Waals surface area contributed by atoms with Crippen molar-refractivity contribution in [3.63, 3.8) is 0 Å². The molecule has 34 heavy (non-hydrogen) atoms. The summed E-state index contributed by atoms with van der Waals surface area (Å²) in [5, 5.41) is 9.70. The number of carbonyl (C=O) groups excluding carboxylic acids is 1. The Morgan fingerprint density at radius 1 is 1.18 bits per heavy atom. The number of anilines is 2. The molecular weight excluding hydrogens is 450 g/mol. The molecule has 5 rings (SSSR count). The van der Waals surface area contributed by atoms with Crippen LogP contribution in [-0.2, 0) is 26.2 Å². The maximum atomic E-state index is 14.2. The third kappa shape index (κ3) is 3.80. The number of benzene rings is 2. The number of hydrogen-bond acceptors (Lipinski definition) is 3. The van der Waals surface area contributed by atoms with Crippen LogP contribution in [0.3, 0.4) is 0 Å². The smallest absolute Gasteiger partial charge is 0.307 e. The fourth-order valence-corrected chi connectivity index (χ4v) is 6.07. The van der Waals surface area contributed by atoms with E-state index in [1.807, 2.05) is 30.3 Å². The van der Waals surface area contributed by atoms with Crippen molar-refractivity contribution < 1.29 is 19.4 Å². The number of allylic oxidation sites excluding steroid dienone is 2. The molecule has 0 saturated carbocycles. The molecular formula is C28H30ClNO4. The van der Waals surface area contributed by atoms with Crippen LogP contribution >= 0.6 is 11.6 Å². The SMILES string of the molecule is CC1(C)CCC2CC([C@]3(C)C(=O)N(c4ccc(CC(=O)O)cc4)c4ccc(Cl)cc43)CC=C2O1. The molecule has 0 bridgehead atoms. The number of hydrogen-bond donors (Lipinski definition) is 1. The Morgan fingerprint density at radius 2 is 1.91 bits per heavy atom. The van der Waals surface area contributed by atoms with Crippen molar-refractivity contribution in [2.24, 2.45) is 11.8 Å². The van der Waals surface area contributed by atoms with Gasteiger partial charge >= 0.3 is 5.97 Å². The summed E-state index contributed by atoms with van der Waals surface area (Å²) >= 11 is 6.42. The number of aliphatic carboxylic acids is 1. The fourth-order valence-electron chi connectivity index (χ4n) is 5.89. The third-order valence-electron chi connectivity index (χ3n) is 7.84. The summed E-state index contributed by atoms with van der Waals surface area (Å²) < 4.78 is 6.27. The van der Waals surface area contributed by atoms with Gasteiger partial charge in [-0.25, -0.2) is 0 Å². The summed E-state index contributed by atoms with van der Waals surface area (Å²) in [5.74, 6) is 0.709. The highest BCUT2D eigenvalue weighted by Crippen LogP contribution is 2.54. The van der Waals surface area contributed by atoms with Crippen LogP contribution in [0.5, 0.6) is 0 Å². The summed E-state index contributed by atoms with van der Waals surface area (Å²) in [5.41, 5.74) is 2.39. The highest BCUT2D eigenvalue weighted by Gasteiger charge is 2.54. The van der Waals surface area contributed by atoms with E-state index in [2.05, 4.69) is 26.8 Å². The summed E-state index contributed by atoms with van der Waals surface area (Å²) in [4.78, 5) is 27.0. The first-order valence-corrected chi connectivity index (χ1v) is 12.3. The molecule has 178 valence electrons. The van der Waals surface area contributed by atoms with Gasteiger partial charge in [-0.05, 0) is 99.9 Å². The van der Waals surface area contributed by atoms with Gasteiger partial charge in [-0.2, -0.15) is 0 Å². The molecule has 2 aliphatic heterocycles. The lowest BCUT2D eigenvalue weighted by Crippen LogP contribution is -2.45. The molecule has 2 heterocycles. The average molecular weight is 480 g/mol. The molecule has 1 fully saturated rings. The van der Waals surface area contributed by atoms with Crippen molar-refractivity contribution in [2.45, 2.75) is 63.9 Å². The van der Waals surface area contributed by atoms with Crippen molar-refractivity contribution in [3.05, 3.63) is 70.4 Å². The predicted octanol–water partition coefficient (Wildman–Crippen LogP) is 6.40. The Morgan fingerprint density at radius 3 is 2.62 bits per heavy atom. The van der Waals surface area contributed by atoms with Crippen LogP contribution in [0.15, 0.2) is 54.3 Å². The molecule has 0 spiro atoms. The monoisotopic (exact) mass is 479 g/mol. The molecule has 6 heteroatoms. The van der Waals surface area contributed by atoms with E-state index in [4.69, 9.17) is 21.4 Å². The molecule has 0 aromatic heterocycles. The van der Waals surface area contributed by atoms with Crippen molar-refractivity contribution in [3.8, 4) is 0 Å². The molecule has 3 atom stereocenters. The maximum absolute atomic E-state index is 14.2. The number of rotatable bonds is 4. The Labute approximate surface area is 205 Å². The quantitative estimate of drug-likeness (QED) is 0.550. The van der Waals surface area contributed by atoms with Gasteiger partial charge in [-0.1, -0.05) is 23.7 Å². The van der Waals surface area contributed by atoms with Gasteiger partial charge < -0.3 is 9.84 Å². The second kappa shape index (κ2) is 8.16. The summed E-state index contributed by atoms with van der Waals surface area (Å²) in [7, 11) is 0. The number of nitrogens with zero attached hydrogens (tertiary/aromatic N) is 1. The van der Waals surface area contributed by atoms with Gasteiger partial charge in [0.05, 0.1) is 23.3 Å². The number of ether oxygens (including phenoxy) is 1. The summed E-state index contributed by atoms with van der Waals surface area (Å²) in [6, 6.07) is 12.9. The molecule has 0 radical (unpaired) electrons. The highest BCUT2D eigenvalue weighted by atomic mass is 35.5. The zero-order chi connectivity index (χ0) is 24.3. The lowest BCUT2D eigenvalue weighted by Gasteiger charge is -2.44. The van der Waals surface area contributed by atoms with Gasteiger partial charge in [0.1, 0.15) is 5.60 Å². The maximum Gasteiger partial charge on any atom is 0.307 e. The van der Waals surface area contributed by atoms with E-state index < -0.39 is 11.4 Å². The van der Waals surface area contributed by atoms with Crippen LogP contribution in [0, 0.1) is 11.8 Å². The van der Waals surface area contributed by atoms with Crippen LogP contribution in [0.4, 0.5) is 11.4 Å². The summed E-state index contributed by atoms with van der Waals surface area (Å²) in [6.07, 6.45) is 5.91. The molecule has 1 N–H and O–H groups in total. The third-order valence-corrected chi connectivity index (χ3v) is 8.07. The number of amides is 1. The number of halogens is 1. The number of fused-ring (bicyclic) bond motifs is 2. The minimum absolute atomic E-state index is 0.0367. The van der Waals surface area contributed by atoms with Crippen LogP contribution in [-0.4, -0.2) is 22.6 Å². The fraction of sp³-hybridized carbons (Fsp3) is 0.429. The lowest BCUT2D eigenvalue weighted by molar-refractivity contribution is -0.136. The van der Waals surface area contributed by atoms with Crippen molar-refractivity contribution in [1.29, 1.82) is 0 Å². The number of carbonyl (C=O) groups is 2. The van der Waals surface area contributed by atoms with E-state index in [0.29, 0.717) is 16.5 Å². The molecule has 2 unspecified atom stereocenters. The van der Waals surface area contributed by atoms with Crippen LogP contribution in [0.25, 0.3) is 0 Å². The molecule has 1 aliphatic carbocycles. The first kappa shape index (κ1) is 23.0. The average Bonchev–Trinajstić information content (AvgIpc) is 3.00. The Kier molecular flexibility index (Phi) is 5.51. The Balaban J connectivity index is 1.51. The first-order chi connectivity index (χ1) is 16.1. The van der Waals surface area contributed by atoms with Gasteiger partial charge in [0.15, 0.2) is 0 Å². The van der Waals surface area contributed by atoms with Crippen molar-refractivity contribution >= 4 is 34.9 Å². The normalized spacial score (nSPS) is 27.5. The summed E-state index contributed by atoms with van der Waals surface area (Å²) in [6.45, 7) is 6.33. The second-order valence-electron chi connectivity index (χ2n) is 10.6. The predicted molar refractivity (Wildman–Crippen MR) is 132 cm³/mol. The van der Waals surface area contributed by atoms with Crippen molar-refractivity contribution in [2.75, 3.05) is 4.90 Å². The lowest BCUT2D eigenvalue weighted by atomic mass is 9.65. The number of carboxylic acids is 1. The van der Waals surface area contributed by atoms with Crippen LogP contribution in [0.2, 0.25) is 5.02 Å². The van der Waals surface area contributed by atoms with E-state index >= 15 is 0 Å². The van der Waals surface area contributed by atoms with Crippen LogP contribution in [0.1, 0.15) is 57.6 Å². The van der Waals surface area contributed by atoms with Crippen molar-refractivity contribution in [1.82, 2.24) is 0 Å². The highest BCUT2D eigenvalue weighted by molar-refractivity contribution is 6.31. The molecule has 1 saturated heterocycles. The van der Waals surface area contributed by atoms with E-state index in [0.717, 1.165) is 48.4 Å². The minimum Gasteiger partial charge on any atom is -0.492 e. The largest absolute Gasteiger partial charge is 0.492 e. The van der Waals surface area contributed by atoms with Gasteiger partial charge in [0, 0.05) is 16.6 Å². The number of carboxylic acid groups (broad SMARTS) is 1. The van der Waals surface area contributed by atoms with Crippen LogP contribution < -0.4 is 4.90 Å². The van der Waals surface area contributed by atoms with E-state index in [1.54, 1.807) is 17.0 Å². The van der Waals surface area contributed by atoms with Gasteiger partial charge in [-0.3, -0.25) is 14.5 Å². The van der Waals surface area contributed by atoms with Gasteiger partial charge in [0.25, 0.3) is 0 Å². The van der Waals surface area contributed by atoms with E-state index in [9.17, 15) is 9.59 Å². The Hall–Kier alpha value is -2.79. The molecule has 2 aromatic rings. The first-order valence-electron chi connectivity index (χ1n) is 11.9. The molecule has 5 nitrogen and oxygen atoms in total. The van der Waals surface area contributed by atoms with E-state index in [1.165, 1.54) is 0 Å². The minimum atomic E-state index is -0.877. The second-order valence-corrected chi connectivity index (χ2v) is 11.0. The molecule has 2 aromatic carbocycles.